The molecule has 0 aromatic heterocycles. The van der Waals surface area contributed by atoms with Crippen LogP contribution in [0.1, 0.15) is 297 Å². The topological polar surface area (TPSA) is 95.9 Å². The zero-order valence-corrected chi connectivity index (χ0v) is 47.5. The van der Waals surface area contributed by atoms with Crippen LogP contribution in [-0.2, 0) is 14.3 Å². The number of carbonyl (C=O) groups is 2. The number of amides is 1. The summed E-state index contributed by atoms with van der Waals surface area (Å²) in [6.07, 6.45) is 78.0. The molecule has 0 aliphatic rings. The van der Waals surface area contributed by atoms with Gasteiger partial charge in [0.25, 0.3) is 0 Å². The zero-order chi connectivity index (χ0) is 52.3. The molecule has 0 saturated heterocycles. The van der Waals surface area contributed by atoms with Gasteiger partial charge in [0.15, 0.2) is 0 Å². The zero-order valence-electron chi connectivity index (χ0n) is 47.5. The molecule has 3 atom stereocenters. The first-order valence-corrected chi connectivity index (χ1v) is 30.8. The molecule has 6 nitrogen and oxygen atoms in total. The van der Waals surface area contributed by atoms with Gasteiger partial charge in [-0.25, -0.2) is 0 Å². The van der Waals surface area contributed by atoms with E-state index in [-0.39, 0.29) is 24.9 Å². The molecular weight excluding hydrogens is 887 g/mol. The molecule has 0 rings (SSSR count). The Morgan fingerprint density at radius 2 is 0.764 bits per heavy atom. The fourth-order valence-electron chi connectivity index (χ4n) is 9.08. The van der Waals surface area contributed by atoms with Crippen LogP contribution in [0.3, 0.4) is 0 Å². The standard InChI is InChI=1S/C66H117NO5/c1-4-7-10-13-16-19-22-25-28-31-32-35-38-41-44-47-50-53-56-59-66(71)72-62(57-54-51-48-45-42-39-36-33-29-26-23-20-17-14-11-8-5-2)60-65(70)67-63(61-68)64(69)58-55-52-49-46-43-40-37-34-30-27-24-21-18-15-12-9-6-3/h8,11,16-17,19-20,25-26,28-29,36,39,45,48,62-64,68-69H,4-7,9-10,12-15,18,21-24,27,30-35,37-38,40-44,46-47,49-61H2,1-3H3,(H,67,70)/b11-8-,19-16-,20-17-,28-25-,29-26-,39-36-,48-45-. The predicted molar refractivity (Wildman–Crippen MR) is 314 cm³/mol. The normalized spacial score (nSPS) is 13.7. The number of allylic oxidation sites excluding steroid dienone is 14. The summed E-state index contributed by atoms with van der Waals surface area (Å²) in [5.41, 5.74) is 0. The molecule has 0 bridgehead atoms. The first-order chi connectivity index (χ1) is 35.5. The third-order valence-electron chi connectivity index (χ3n) is 13.7. The Bertz CT molecular complexity index is 1360. The highest BCUT2D eigenvalue weighted by Gasteiger charge is 2.24. The Hall–Kier alpha value is -2.96. The van der Waals surface area contributed by atoms with Crippen LogP contribution in [0.5, 0.6) is 0 Å². The van der Waals surface area contributed by atoms with Crippen molar-refractivity contribution < 1.29 is 24.5 Å². The Labute approximate surface area is 446 Å². The summed E-state index contributed by atoms with van der Waals surface area (Å²) in [7, 11) is 0. The smallest absolute Gasteiger partial charge is 0.306 e. The van der Waals surface area contributed by atoms with Gasteiger partial charge in [0.2, 0.25) is 5.91 Å². The summed E-state index contributed by atoms with van der Waals surface area (Å²) < 4.78 is 5.95. The van der Waals surface area contributed by atoms with Crippen LogP contribution < -0.4 is 5.32 Å². The molecule has 0 heterocycles. The quantitative estimate of drug-likeness (QED) is 0.0320. The van der Waals surface area contributed by atoms with Crippen molar-refractivity contribution in [3.05, 3.63) is 85.1 Å². The molecule has 416 valence electrons. The van der Waals surface area contributed by atoms with Crippen LogP contribution in [0.4, 0.5) is 0 Å². The molecule has 3 unspecified atom stereocenters. The van der Waals surface area contributed by atoms with Crippen LogP contribution in [0, 0.1) is 0 Å². The van der Waals surface area contributed by atoms with Gasteiger partial charge in [0.1, 0.15) is 6.10 Å². The first kappa shape index (κ1) is 69.0. The van der Waals surface area contributed by atoms with Crippen LogP contribution in [-0.4, -0.2) is 46.9 Å². The van der Waals surface area contributed by atoms with E-state index in [0.717, 1.165) is 89.9 Å². The van der Waals surface area contributed by atoms with Gasteiger partial charge in [-0.1, -0.05) is 273 Å². The van der Waals surface area contributed by atoms with Crippen molar-refractivity contribution >= 4 is 11.9 Å². The monoisotopic (exact) mass is 1000 g/mol. The van der Waals surface area contributed by atoms with E-state index >= 15 is 0 Å². The van der Waals surface area contributed by atoms with Crippen LogP contribution in [0.2, 0.25) is 0 Å². The van der Waals surface area contributed by atoms with Gasteiger partial charge in [-0.2, -0.15) is 0 Å². The van der Waals surface area contributed by atoms with E-state index in [0.29, 0.717) is 19.3 Å². The molecule has 0 aromatic rings. The number of hydrogen-bond donors (Lipinski definition) is 3. The fourth-order valence-corrected chi connectivity index (χ4v) is 9.08. The van der Waals surface area contributed by atoms with Gasteiger partial charge >= 0.3 is 5.97 Å². The second-order valence-corrected chi connectivity index (χ2v) is 20.7. The maximum Gasteiger partial charge on any atom is 0.306 e. The minimum absolute atomic E-state index is 0.0343. The van der Waals surface area contributed by atoms with Gasteiger partial charge in [-0.3, -0.25) is 9.59 Å². The number of ether oxygens (including phenoxy) is 1. The molecule has 0 radical (unpaired) electrons. The molecule has 6 heteroatoms. The highest BCUT2D eigenvalue weighted by Crippen LogP contribution is 2.18. The van der Waals surface area contributed by atoms with Crippen molar-refractivity contribution in [1.82, 2.24) is 5.32 Å². The summed E-state index contributed by atoms with van der Waals surface area (Å²) in [6.45, 7) is 6.36. The number of unbranched alkanes of at least 4 members (excludes halogenated alkanes) is 29. The SMILES string of the molecule is CC/C=C\C/C=C\C/C=C\C/C=C\C/C=C\CCCC(CC(=O)NC(CO)C(O)CCCCCCCCCCCCCCCCCCC)OC(=O)CCCCCCCCCCC/C=C\C/C=C\CCCCC. The third kappa shape index (κ3) is 53.3. The van der Waals surface area contributed by atoms with Gasteiger partial charge in [0.05, 0.1) is 25.2 Å². The van der Waals surface area contributed by atoms with Gasteiger partial charge in [-0.15, -0.1) is 0 Å². The predicted octanol–water partition coefficient (Wildman–Crippen LogP) is 19.5. The average molecular weight is 1000 g/mol. The van der Waals surface area contributed by atoms with Crippen molar-refractivity contribution in [3.63, 3.8) is 0 Å². The highest BCUT2D eigenvalue weighted by atomic mass is 16.5. The Kier molecular flexibility index (Phi) is 56.5. The lowest BCUT2D eigenvalue weighted by molar-refractivity contribution is -0.151. The van der Waals surface area contributed by atoms with E-state index < -0.39 is 18.2 Å². The van der Waals surface area contributed by atoms with E-state index in [1.807, 2.05) is 0 Å². The number of hydrogen-bond acceptors (Lipinski definition) is 5. The minimum atomic E-state index is -0.809. The minimum Gasteiger partial charge on any atom is -0.462 e. The first-order valence-electron chi connectivity index (χ1n) is 30.8. The van der Waals surface area contributed by atoms with E-state index in [2.05, 4.69) is 111 Å². The second kappa shape index (κ2) is 58.9. The molecule has 72 heavy (non-hydrogen) atoms. The van der Waals surface area contributed by atoms with E-state index in [1.165, 1.54) is 161 Å². The summed E-state index contributed by atoms with van der Waals surface area (Å²) >= 11 is 0. The summed E-state index contributed by atoms with van der Waals surface area (Å²) in [4.78, 5) is 26.4. The summed E-state index contributed by atoms with van der Waals surface area (Å²) in [5, 5.41) is 23.9. The number of carbonyl (C=O) groups excluding carboxylic acids is 2. The van der Waals surface area contributed by atoms with Crippen molar-refractivity contribution in [3.8, 4) is 0 Å². The Balaban J connectivity index is 4.63. The van der Waals surface area contributed by atoms with E-state index in [1.54, 1.807) is 0 Å². The van der Waals surface area contributed by atoms with Gasteiger partial charge in [-0.05, 0) is 96.3 Å². The molecule has 1 amide bonds. The fraction of sp³-hybridized carbons (Fsp3) is 0.758. The molecule has 0 spiro atoms. The molecular formula is C66H117NO5. The average Bonchev–Trinajstić information content (AvgIpc) is 3.37. The molecule has 0 saturated carbocycles. The molecule has 0 fully saturated rings. The van der Waals surface area contributed by atoms with Crippen LogP contribution in [0.15, 0.2) is 85.1 Å². The summed E-state index contributed by atoms with van der Waals surface area (Å²) in [6, 6.07) is -0.726. The molecule has 3 N–H and O–H groups in total. The van der Waals surface area contributed by atoms with E-state index in [4.69, 9.17) is 4.74 Å². The van der Waals surface area contributed by atoms with E-state index in [9.17, 15) is 19.8 Å². The molecule has 0 aromatic carbocycles. The maximum atomic E-state index is 13.3. The van der Waals surface area contributed by atoms with Crippen LogP contribution in [0.25, 0.3) is 0 Å². The summed E-state index contributed by atoms with van der Waals surface area (Å²) in [5.74, 6) is -0.530. The number of aliphatic hydroxyl groups is 2. The number of nitrogens with one attached hydrogen (secondary N) is 1. The van der Waals surface area contributed by atoms with Crippen molar-refractivity contribution in [2.75, 3.05) is 6.61 Å². The molecule has 0 aliphatic heterocycles. The van der Waals surface area contributed by atoms with Gasteiger partial charge in [0, 0.05) is 6.42 Å². The largest absolute Gasteiger partial charge is 0.462 e. The van der Waals surface area contributed by atoms with Crippen molar-refractivity contribution in [1.29, 1.82) is 0 Å². The number of rotatable bonds is 55. The van der Waals surface area contributed by atoms with Crippen molar-refractivity contribution in [2.45, 2.75) is 315 Å². The molecule has 0 aliphatic carbocycles. The van der Waals surface area contributed by atoms with Crippen molar-refractivity contribution in [2.24, 2.45) is 0 Å². The Morgan fingerprint density at radius 1 is 0.417 bits per heavy atom. The maximum absolute atomic E-state index is 13.3. The number of esters is 1. The highest BCUT2D eigenvalue weighted by molar-refractivity contribution is 5.77. The van der Waals surface area contributed by atoms with Crippen LogP contribution >= 0.6 is 0 Å². The lowest BCUT2D eigenvalue weighted by atomic mass is 10.0. The second-order valence-electron chi connectivity index (χ2n) is 20.7. The Morgan fingerprint density at radius 3 is 1.19 bits per heavy atom. The lowest BCUT2D eigenvalue weighted by Crippen LogP contribution is -2.46. The number of aliphatic hydroxyl groups excluding tert-OH is 2. The van der Waals surface area contributed by atoms with Gasteiger partial charge < -0.3 is 20.3 Å². The third-order valence-corrected chi connectivity index (χ3v) is 13.7. The lowest BCUT2D eigenvalue weighted by Gasteiger charge is -2.24.